The van der Waals surface area contributed by atoms with Gasteiger partial charge in [0.05, 0.1) is 13.2 Å². The molecule has 0 amide bonds. The second-order valence-electron chi connectivity index (χ2n) is 1.24. The van der Waals surface area contributed by atoms with Crippen molar-refractivity contribution in [2.45, 2.75) is 6.92 Å². The highest BCUT2D eigenvalue weighted by molar-refractivity contribution is 5.85. The summed E-state index contributed by atoms with van der Waals surface area (Å²) < 4.78 is 4.44. The molecule has 8 N–H and O–H groups in total. The smallest absolute Gasteiger partial charge is 0.300 e. The minimum Gasteiger partial charge on any atom is -0.481 e. The molecule has 0 spiro atoms. The first-order chi connectivity index (χ1) is 4.15. The van der Waals surface area contributed by atoms with Gasteiger partial charge in [-0.3, -0.25) is 4.79 Å². The lowest BCUT2D eigenvalue weighted by Gasteiger charge is -1.84. The first-order valence-electron chi connectivity index (χ1n) is 2.44. The molecule has 6 nitrogen and oxygen atoms in total. The summed E-state index contributed by atoms with van der Waals surface area (Å²) in [5.74, 6) is -0.833. The number of aliphatic hydroxyl groups excluding tert-OH is 1. The minimum atomic E-state index is -0.833. The summed E-state index contributed by atoms with van der Waals surface area (Å²) in [4.78, 5) is 9.00. The normalized spacial score (nSPS) is 5.58. The van der Waals surface area contributed by atoms with E-state index in [4.69, 9.17) is 15.0 Å². The Morgan fingerprint density at radius 2 is 1.67 bits per heavy atom. The number of carboxylic acids is 1. The van der Waals surface area contributed by atoms with Crippen LogP contribution in [0.4, 0.5) is 0 Å². The average Bonchev–Trinajstić information content (AvgIpc) is 1.66. The molecule has 0 aromatic rings. The summed E-state index contributed by atoms with van der Waals surface area (Å²) in [7, 11) is 1.55. The predicted molar refractivity (Wildman–Crippen MR) is 49.6 cm³/mol. The lowest BCUT2D eigenvalue weighted by molar-refractivity contribution is -0.134. The highest BCUT2D eigenvalue weighted by Crippen LogP contribution is 1.56. The number of carboxylic acid groups (broad SMARTS) is 1. The van der Waals surface area contributed by atoms with Gasteiger partial charge in [-0.15, -0.1) is 12.4 Å². The van der Waals surface area contributed by atoms with Gasteiger partial charge in [-0.1, -0.05) is 0 Å². The number of hydrogen-bond acceptors (Lipinski definition) is 5. The molecular weight excluding hydrogens is 188 g/mol. The standard InChI is InChI=1S/C3H8O2.C2H4O2.ClH.2H3N/c1-5-3-2-4;1-2(3)4;;;/h4H,2-3H2,1H3;1H3,(H,3,4);1H;2*1H3. The molecule has 0 aliphatic heterocycles. The van der Waals surface area contributed by atoms with E-state index < -0.39 is 5.97 Å². The van der Waals surface area contributed by atoms with Crippen LogP contribution < -0.4 is 12.3 Å². The van der Waals surface area contributed by atoms with Crippen LogP contribution in [-0.4, -0.2) is 36.5 Å². The van der Waals surface area contributed by atoms with Crippen LogP contribution in [0.3, 0.4) is 0 Å². The van der Waals surface area contributed by atoms with Crippen molar-refractivity contribution >= 4 is 18.4 Å². The van der Waals surface area contributed by atoms with Crippen molar-refractivity contribution < 1.29 is 19.7 Å². The topological polar surface area (TPSA) is 137 Å². The zero-order chi connectivity index (χ0) is 7.70. The average molecular weight is 207 g/mol. The van der Waals surface area contributed by atoms with E-state index in [2.05, 4.69) is 4.74 Å². The molecule has 0 aliphatic carbocycles. The highest BCUT2D eigenvalue weighted by atomic mass is 35.5. The van der Waals surface area contributed by atoms with Crippen LogP contribution in [0.2, 0.25) is 0 Å². The molecule has 0 fully saturated rings. The summed E-state index contributed by atoms with van der Waals surface area (Å²) in [6.45, 7) is 1.65. The van der Waals surface area contributed by atoms with Gasteiger partial charge in [-0.25, -0.2) is 0 Å². The first-order valence-corrected chi connectivity index (χ1v) is 2.44. The van der Waals surface area contributed by atoms with E-state index in [0.717, 1.165) is 6.92 Å². The molecule has 0 saturated heterocycles. The zero-order valence-corrected chi connectivity index (χ0v) is 8.26. The van der Waals surface area contributed by atoms with Crippen molar-refractivity contribution in [2.24, 2.45) is 0 Å². The van der Waals surface area contributed by atoms with E-state index in [0.29, 0.717) is 6.61 Å². The molecule has 0 aliphatic rings. The number of ether oxygens (including phenoxy) is 1. The van der Waals surface area contributed by atoms with E-state index in [9.17, 15) is 0 Å². The van der Waals surface area contributed by atoms with Crippen LogP contribution in [0, 0.1) is 0 Å². The number of aliphatic carboxylic acids is 1. The van der Waals surface area contributed by atoms with E-state index >= 15 is 0 Å². The van der Waals surface area contributed by atoms with Gasteiger partial charge in [0, 0.05) is 14.0 Å². The number of aliphatic hydroxyl groups is 1. The van der Waals surface area contributed by atoms with Crippen LogP contribution in [0.5, 0.6) is 0 Å². The molecule has 0 heterocycles. The molecule has 80 valence electrons. The maximum Gasteiger partial charge on any atom is 0.300 e. The van der Waals surface area contributed by atoms with Gasteiger partial charge in [0.1, 0.15) is 0 Å². The van der Waals surface area contributed by atoms with Crippen LogP contribution in [0.25, 0.3) is 0 Å². The van der Waals surface area contributed by atoms with E-state index in [1.54, 1.807) is 7.11 Å². The number of rotatable bonds is 2. The predicted octanol–water partition coefficient (Wildman–Crippen LogP) is 0.462. The van der Waals surface area contributed by atoms with Gasteiger partial charge in [0.15, 0.2) is 0 Å². The Bertz CT molecular complexity index is 68.5. The van der Waals surface area contributed by atoms with Gasteiger partial charge in [0.25, 0.3) is 5.97 Å². The molecule has 0 aromatic carbocycles. The SMILES string of the molecule is CC(=O)O.COCCO.Cl.N.N. The summed E-state index contributed by atoms with van der Waals surface area (Å²) in [6, 6.07) is 0. The fourth-order valence-electron chi connectivity index (χ4n) is 0.0913. The lowest BCUT2D eigenvalue weighted by Crippen LogP contribution is -1.91. The third-order valence-corrected chi connectivity index (χ3v) is 0.295. The van der Waals surface area contributed by atoms with Crippen molar-refractivity contribution in [3.05, 3.63) is 0 Å². The second kappa shape index (κ2) is 31.2. The van der Waals surface area contributed by atoms with Gasteiger partial charge in [-0.2, -0.15) is 0 Å². The lowest BCUT2D eigenvalue weighted by atomic mass is 10.8. The second-order valence-corrected chi connectivity index (χ2v) is 1.24. The Morgan fingerprint density at radius 3 is 1.67 bits per heavy atom. The molecule has 7 heteroatoms. The van der Waals surface area contributed by atoms with Gasteiger partial charge >= 0.3 is 0 Å². The molecule has 0 aromatic heterocycles. The summed E-state index contributed by atoms with van der Waals surface area (Å²) in [5, 5.41) is 15.4. The number of methoxy groups -OCH3 is 1. The van der Waals surface area contributed by atoms with Crippen LogP contribution in [0.1, 0.15) is 6.92 Å². The number of hydrogen-bond donors (Lipinski definition) is 4. The summed E-state index contributed by atoms with van der Waals surface area (Å²) >= 11 is 0. The van der Waals surface area contributed by atoms with Crippen molar-refractivity contribution in [1.82, 2.24) is 12.3 Å². The van der Waals surface area contributed by atoms with Crippen LogP contribution >= 0.6 is 12.4 Å². The fourth-order valence-corrected chi connectivity index (χ4v) is 0.0913. The maximum atomic E-state index is 9.00. The molecule has 0 rings (SSSR count). The molecule has 0 radical (unpaired) electrons. The van der Waals surface area contributed by atoms with Gasteiger partial charge < -0.3 is 27.3 Å². The fraction of sp³-hybridized carbons (Fsp3) is 0.800. The monoisotopic (exact) mass is 206 g/mol. The van der Waals surface area contributed by atoms with E-state index in [1.165, 1.54) is 0 Å². The first kappa shape index (κ1) is 29.9. The molecule has 0 bridgehead atoms. The molecule has 12 heavy (non-hydrogen) atoms. The third kappa shape index (κ3) is 277. The Balaban J connectivity index is -0.0000000221. The molecule has 0 atom stereocenters. The van der Waals surface area contributed by atoms with Crippen molar-refractivity contribution in [3.8, 4) is 0 Å². The Labute approximate surface area is 78.5 Å². The highest BCUT2D eigenvalue weighted by Gasteiger charge is 1.67. The Hall–Kier alpha value is -0.400. The van der Waals surface area contributed by atoms with Gasteiger partial charge in [-0.05, 0) is 0 Å². The molecular formula is C5H19ClN2O4. The van der Waals surface area contributed by atoms with Crippen LogP contribution in [0.15, 0.2) is 0 Å². The van der Waals surface area contributed by atoms with E-state index in [-0.39, 0.29) is 31.3 Å². The Kier molecular flexibility index (Phi) is 77.7. The molecule has 0 unspecified atom stereocenters. The minimum absolute atomic E-state index is 0. The summed E-state index contributed by atoms with van der Waals surface area (Å²) in [5.41, 5.74) is 0. The Morgan fingerprint density at radius 1 is 1.42 bits per heavy atom. The maximum absolute atomic E-state index is 9.00. The molecule has 0 saturated carbocycles. The number of carbonyl (C=O) groups is 1. The third-order valence-electron chi connectivity index (χ3n) is 0.295. The quantitative estimate of drug-likeness (QED) is 0.518. The van der Waals surface area contributed by atoms with Crippen LogP contribution in [-0.2, 0) is 9.53 Å². The largest absolute Gasteiger partial charge is 0.481 e. The zero-order valence-electron chi connectivity index (χ0n) is 7.45. The van der Waals surface area contributed by atoms with E-state index in [1.807, 2.05) is 0 Å². The van der Waals surface area contributed by atoms with Crippen molar-refractivity contribution in [1.29, 1.82) is 0 Å². The van der Waals surface area contributed by atoms with Crippen molar-refractivity contribution in [2.75, 3.05) is 20.3 Å². The summed E-state index contributed by atoms with van der Waals surface area (Å²) in [6.07, 6.45) is 0. The van der Waals surface area contributed by atoms with Gasteiger partial charge in [0.2, 0.25) is 0 Å². The van der Waals surface area contributed by atoms with Crippen molar-refractivity contribution in [3.63, 3.8) is 0 Å². The number of halogens is 1.